The topological polar surface area (TPSA) is 54.1 Å². The molecule has 1 unspecified atom stereocenters. The molecule has 0 saturated heterocycles. The summed E-state index contributed by atoms with van der Waals surface area (Å²) < 4.78 is 5.29. The summed E-state index contributed by atoms with van der Waals surface area (Å²) in [5.74, 6) is 0.894. The maximum Gasteiger partial charge on any atom is 0.217 e. The van der Waals surface area contributed by atoms with Crippen molar-refractivity contribution in [1.82, 2.24) is 10.3 Å². The van der Waals surface area contributed by atoms with Crippen LogP contribution in [-0.2, 0) is 11.2 Å². The Bertz CT molecular complexity index is 630. The van der Waals surface area contributed by atoms with Crippen LogP contribution >= 0.6 is 0 Å². The number of carbonyl (C=O) groups excluding carboxylic acids is 1. The number of rotatable bonds is 2. The van der Waals surface area contributed by atoms with E-state index in [9.17, 15) is 4.79 Å². The van der Waals surface area contributed by atoms with Crippen LogP contribution in [0.4, 0.5) is 0 Å². The number of nitrogens with one attached hydrogen (secondary N) is 2. The number of fused-ring (bicyclic) bond motifs is 3. The minimum absolute atomic E-state index is 0.0223. The number of hydrogen-bond acceptors (Lipinski definition) is 2. The van der Waals surface area contributed by atoms with E-state index in [0.717, 1.165) is 36.2 Å². The fourth-order valence-electron chi connectivity index (χ4n) is 2.96. The molecule has 4 heteroatoms. The number of methoxy groups -OCH3 is 1. The maximum absolute atomic E-state index is 11.3. The second-order valence-corrected chi connectivity index (χ2v) is 5.07. The Morgan fingerprint density at radius 3 is 3.05 bits per heavy atom. The number of H-pyrrole nitrogens is 1. The third-order valence-electron chi connectivity index (χ3n) is 3.79. The van der Waals surface area contributed by atoms with Crippen LogP contribution in [0, 0.1) is 0 Å². The van der Waals surface area contributed by atoms with Crippen LogP contribution in [0.5, 0.6) is 5.75 Å². The van der Waals surface area contributed by atoms with Crippen molar-refractivity contribution < 1.29 is 9.53 Å². The average Bonchev–Trinajstić information content (AvgIpc) is 2.77. The Kier molecular flexibility index (Phi) is 2.93. The van der Waals surface area contributed by atoms with Gasteiger partial charge >= 0.3 is 0 Å². The molecule has 1 aromatic heterocycles. The Hall–Kier alpha value is -1.97. The standard InChI is InChI=1S/C15H18N2O2/c1-9(18)16-14-5-3-4-11-12-8-10(19-2)6-7-13(12)17-15(11)14/h6-8,14,17H,3-5H2,1-2H3,(H,16,18). The lowest BCUT2D eigenvalue weighted by Gasteiger charge is -2.23. The highest BCUT2D eigenvalue weighted by molar-refractivity contribution is 5.86. The number of ether oxygens (including phenoxy) is 1. The first-order valence-corrected chi connectivity index (χ1v) is 6.64. The lowest BCUT2D eigenvalue weighted by atomic mass is 9.91. The van der Waals surface area contributed by atoms with E-state index in [2.05, 4.69) is 16.4 Å². The van der Waals surface area contributed by atoms with E-state index in [1.807, 2.05) is 12.1 Å². The molecule has 0 aliphatic heterocycles. The molecule has 0 radical (unpaired) electrons. The third-order valence-corrected chi connectivity index (χ3v) is 3.79. The molecule has 3 rings (SSSR count). The molecule has 0 fully saturated rings. The van der Waals surface area contributed by atoms with Gasteiger partial charge in [-0.25, -0.2) is 0 Å². The second-order valence-electron chi connectivity index (χ2n) is 5.07. The molecule has 2 aromatic rings. The molecule has 0 saturated carbocycles. The lowest BCUT2D eigenvalue weighted by molar-refractivity contribution is -0.119. The zero-order chi connectivity index (χ0) is 13.4. The van der Waals surface area contributed by atoms with Crippen molar-refractivity contribution in [1.29, 1.82) is 0 Å². The van der Waals surface area contributed by atoms with Crippen LogP contribution in [0.1, 0.15) is 37.1 Å². The number of aryl methyl sites for hydroxylation is 1. The predicted octanol–water partition coefficient (Wildman–Crippen LogP) is 2.69. The lowest BCUT2D eigenvalue weighted by Crippen LogP contribution is -2.28. The molecule has 19 heavy (non-hydrogen) atoms. The van der Waals surface area contributed by atoms with Gasteiger partial charge in [0.1, 0.15) is 5.75 Å². The number of carbonyl (C=O) groups is 1. The van der Waals surface area contributed by atoms with Crippen LogP contribution in [0.15, 0.2) is 18.2 Å². The van der Waals surface area contributed by atoms with E-state index in [1.54, 1.807) is 14.0 Å². The van der Waals surface area contributed by atoms with Crippen LogP contribution in [0.2, 0.25) is 0 Å². The monoisotopic (exact) mass is 258 g/mol. The van der Waals surface area contributed by atoms with Crippen molar-refractivity contribution in [3.05, 3.63) is 29.5 Å². The van der Waals surface area contributed by atoms with Crippen molar-refractivity contribution in [3.63, 3.8) is 0 Å². The first-order valence-electron chi connectivity index (χ1n) is 6.64. The van der Waals surface area contributed by atoms with Crippen molar-refractivity contribution in [2.24, 2.45) is 0 Å². The molecule has 1 aromatic carbocycles. The SMILES string of the molecule is COc1ccc2[nH]c3c(c2c1)CCCC3NC(C)=O. The van der Waals surface area contributed by atoms with Crippen molar-refractivity contribution in [2.45, 2.75) is 32.2 Å². The molecule has 0 bridgehead atoms. The minimum Gasteiger partial charge on any atom is -0.497 e. The van der Waals surface area contributed by atoms with Crippen molar-refractivity contribution in [3.8, 4) is 5.75 Å². The molecule has 1 heterocycles. The summed E-state index contributed by atoms with van der Waals surface area (Å²) in [6, 6.07) is 6.18. The van der Waals surface area contributed by atoms with E-state index in [4.69, 9.17) is 4.74 Å². The van der Waals surface area contributed by atoms with Gasteiger partial charge in [-0.05, 0) is 43.0 Å². The zero-order valence-electron chi connectivity index (χ0n) is 11.2. The van der Waals surface area contributed by atoms with E-state index in [-0.39, 0.29) is 11.9 Å². The van der Waals surface area contributed by atoms with E-state index >= 15 is 0 Å². The Labute approximate surface area is 112 Å². The maximum atomic E-state index is 11.3. The molecule has 100 valence electrons. The highest BCUT2D eigenvalue weighted by atomic mass is 16.5. The molecule has 4 nitrogen and oxygen atoms in total. The quantitative estimate of drug-likeness (QED) is 0.870. The zero-order valence-corrected chi connectivity index (χ0v) is 11.2. The van der Waals surface area contributed by atoms with Gasteiger partial charge in [-0.3, -0.25) is 4.79 Å². The molecule has 1 aliphatic carbocycles. The van der Waals surface area contributed by atoms with Gasteiger partial charge < -0.3 is 15.0 Å². The number of benzene rings is 1. The van der Waals surface area contributed by atoms with Crippen LogP contribution in [0.3, 0.4) is 0 Å². The molecule has 2 N–H and O–H groups in total. The number of amides is 1. The number of hydrogen-bond donors (Lipinski definition) is 2. The summed E-state index contributed by atoms with van der Waals surface area (Å²) in [6.45, 7) is 1.57. The first-order chi connectivity index (χ1) is 9.19. The van der Waals surface area contributed by atoms with Gasteiger partial charge in [0.2, 0.25) is 5.91 Å². The predicted molar refractivity (Wildman–Crippen MR) is 74.3 cm³/mol. The fraction of sp³-hybridized carbons (Fsp3) is 0.400. The molecule has 1 atom stereocenters. The van der Waals surface area contributed by atoms with Crippen LogP contribution in [0.25, 0.3) is 10.9 Å². The van der Waals surface area contributed by atoms with Gasteiger partial charge in [-0.15, -0.1) is 0 Å². The summed E-state index contributed by atoms with van der Waals surface area (Å²) in [5, 5.41) is 4.24. The average molecular weight is 258 g/mol. The van der Waals surface area contributed by atoms with Crippen molar-refractivity contribution in [2.75, 3.05) is 7.11 Å². The largest absolute Gasteiger partial charge is 0.497 e. The second kappa shape index (κ2) is 4.61. The van der Waals surface area contributed by atoms with Gasteiger partial charge in [0, 0.05) is 23.5 Å². The summed E-state index contributed by atoms with van der Waals surface area (Å²) in [6.07, 6.45) is 3.15. The Morgan fingerprint density at radius 1 is 1.47 bits per heavy atom. The normalized spacial score (nSPS) is 18.1. The molecular formula is C15H18N2O2. The van der Waals surface area contributed by atoms with E-state index in [0.29, 0.717) is 0 Å². The molecule has 1 amide bonds. The summed E-state index contributed by atoms with van der Waals surface area (Å²) >= 11 is 0. The smallest absolute Gasteiger partial charge is 0.217 e. The Balaban J connectivity index is 2.10. The first kappa shape index (κ1) is 12.1. The molecular weight excluding hydrogens is 240 g/mol. The summed E-state index contributed by atoms with van der Waals surface area (Å²) in [7, 11) is 1.68. The number of aromatic nitrogens is 1. The number of aromatic amines is 1. The van der Waals surface area contributed by atoms with E-state index in [1.165, 1.54) is 10.9 Å². The van der Waals surface area contributed by atoms with Crippen LogP contribution < -0.4 is 10.1 Å². The van der Waals surface area contributed by atoms with E-state index < -0.39 is 0 Å². The van der Waals surface area contributed by atoms with Gasteiger partial charge in [-0.2, -0.15) is 0 Å². The van der Waals surface area contributed by atoms with Gasteiger partial charge in [-0.1, -0.05) is 0 Å². The molecule has 0 spiro atoms. The minimum atomic E-state index is 0.0223. The van der Waals surface area contributed by atoms with Gasteiger partial charge in [0.15, 0.2) is 0 Å². The van der Waals surface area contributed by atoms with Gasteiger partial charge in [0.05, 0.1) is 13.2 Å². The Morgan fingerprint density at radius 2 is 2.32 bits per heavy atom. The summed E-state index contributed by atoms with van der Waals surface area (Å²) in [5.41, 5.74) is 3.59. The van der Waals surface area contributed by atoms with Crippen LogP contribution in [-0.4, -0.2) is 18.0 Å². The highest BCUT2D eigenvalue weighted by Gasteiger charge is 2.24. The third kappa shape index (κ3) is 2.07. The highest BCUT2D eigenvalue weighted by Crippen LogP contribution is 2.36. The summed E-state index contributed by atoms with van der Waals surface area (Å²) in [4.78, 5) is 14.7. The molecule has 1 aliphatic rings. The van der Waals surface area contributed by atoms with Crippen molar-refractivity contribution >= 4 is 16.8 Å². The van der Waals surface area contributed by atoms with Gasteiger partial charge in [0.25, 0.3) is 0 Å². The fourth-order valence-corrected chi connectivity index (χ4v) is 2.96.